The van der Waals surface area contributed by atoms with Crippen molar-refractivity contribution in [2.45, 2.75) is 76.2 Å². The molecule has 2 fully saturated rings. The molecule has 2 aliphatic carbocycles. The van der Waals surface area contributed by atoms with E-state index in [1.807, 2.05) is 0 Å². The number of alkyl halides is 5. The Balaban J connectivity index is 1.35. The van der Waals surface area contributed by atoms with Gasteiger partial charge in [-0.2, -0.15) is 22.0 Å². The third-order valence-corrected chi connectivity index (χ3v) is 7.29. The van der Waals surface area contributed by atoms with Gasteiger partial charge in [-0.05, 0) is 31.7 Å². The monoisotopic (exact) mass is 499 g/mol. The molecule has 2 amide bonds. The third kappa shape index (κ3) is 3.94. The minimum atomic E-state index is -4.63. The van der Waals surface area contributed by atoms with Crippen LogP contribution in [-0.2, 0) is 11.3 Å². The molecule has 0 saturated heterocycles. The zero-order chi connectivity index (χ0) is 25.0. The summed E-state index contributed by atoms with van der Waals surface area (Å²) in [5, 5.41) is 9.45. The number of amides is 2. The van der Waals surface area contributed by atoms with Crippen LogP contribution in [0.1, 0.15) is 73.3 Å². The van der Waals surface area contributed by atoms with E-state index in [0.29, 0.717) is 25.0 Å². The number of carbonyl (C=O) groups is 2. The van der Waals surface area contributed by atoms with Crippen LogP contribution in [0.5, 0.6) is 0 Å². The first kappa shape index (κ1) is 23.6. The summed E-state index contributed by atoms with van der Waals surface area (Å²) in [6, 6.07) is 0.326. The molecule has 1 N–H and O–H groups in total. The largest absolute Gasteiger partial charge is 0.415 e. The molecular formula is C22H22F5N5O3. The first-order valence-corrected chi connectivity index (χ1v) is 11.4. The van der Waals surface area contributed by atoms with Crippen molar-refractivity contribution in [1.29, 1.82) is 0 Å². The van der Waals surface area contributed by atoms with Gasteiger partial charge in [0.05, 0.1) is 29.4 Å². The average molecular weight is 499 g/mol. The molecule has 2 aromatic heterocycles. The Morgan fingerprint density at radius 2 is 1.91 bits per heavy atom. The van der Waals surface area contributed by atoms with E-state index in [1.165, 1.54) is 17.2 Å². The highest BCUT2D eigenvalue weighted by molar-refractivity contribution is 5.99. The highest BCUT2D eigenvalue weighted by Crippen LogP contribution is 2.53. The van der Waals surface area contributed by atoms with Crippen molar-refractivity contribution < 1.29 is 36.0 Å². The SMILES string of the molecule is O=C1c2cc(-c3nnc(C(F)F)o3)cnc2CN1[C@@H]1CCCC[C@H]1NC(=O)C1(C(F)(F)F)CCC1. The molecule has 3 aliphatic rings. The summed E-state index contributed by atoms with van der Waals surface area (Å²) >= 11 is 0. The standard InChI is InChI=1S/C22H22F5N5O3/c23-16(24)18-31-30-17(35-18)11-8-12-14(28-9-11)10-32(19(12)33)15-5-2-1-4-13(15)29-20(34)21(6-3-7-21)22(25,26)27/h8-9,13,15-16H,1-7,10H2,(H,29,34)/t13-,15-/m1/s1. The topological polar surface area (TPSA) is 101 Å². The molecule has 35 heavy (non-hydrogen) atoms. The van der Waals surface area contributed by atoms with Crippen molar-refractivity contribution in [3.8, 4) is 11.5 Å². The zero-order valence-corrected chi connectivity index (χ0v) is 18.4. The molecule has 0 radical (unpaired) electrons. The van der Waals surface area contributed by atoms with Crippen LogP contribution in [0.4, 0.5) is 22.0 Å². The van der Waals surface area contributed by atoms with Gasteiger partial charge in [0.2, 0.25) is 11.8 Å². The van der Waals surface area contributed by atoms with Crippen LogP contribution in [0.15, 0.2) is 16.7 Å². The fourth-order valence-electron chi connectivity index (χ4n) is 5.15. The van der Waals surface area contributed by atoms with E-state index >= 15 is 0 Å². The number of nitrogens with one attached hydrogen (secondary N) is 1. The maximum Gasteiger partial charge on any atom is 0.403 e. The molecule has 2 saturated carbocycles. The fourth-order valence-corrected chi connectivity index (χ4v) is 5.15. The summed E-state index contributed by atoms with van der Waals surface area (Å²) in [5.74, 6) is -2.48. The second-order valence-corrected chi connectivity index (χ2v) is 9.26. The molecule has 3 heterocycles. The van der Waals surface area contributed by atoms with Gasteiger partial charge >= 0.3 is 12.6 Å². The van der Waals surface area contributed by atoms with E-state index in [2.05, 4.69) is 20.5 Å². The lowest BCUT2D eigenvalue weighted by Crippen LogP contribution is -2.60. The second-order valence-electron chi connectivity index (χ2n) is 9.26. The van der Waals surface area contributed by atoms with Gasteiger partial charge in [-0.25, -0.2) is 0 Å². The lowest BCUT2D eigenvalue weighted by molar-refractivity contribution is -0.243. The number of nitrogens with zero attached hydrogens (tertiary/aromatic N) is 4. The molecule has 0 spiro atoms. The highest BCUT2D eigenvalue weighted by atomic mass is 19.4. The van der Waals surface area contributed by atoms with Gasteiger partial charge in [0.25, 0.3) is 11.8 Å². The highest BCUT2D eigenvalue weighted by Gasteiger charge is 2.63. The van der Waals surface area contributed by atoms with Crippen LogP contribution >= 0.6 is 0 Å². The Labute approximate surface area is 196 Å². The van der Waals surface area contributed by atoms with Crippen LogP contribution in [0.25, 0.3) is 11.5 Å². The molecule has 8 nitrogen and oxygen atoms in total. The molecule has 188 valence electrons. The van der Waals surface area contributed by atoms with E-state index in [-0.39, 0.29) is 36.4 Å². The Kier molecular flexibility index (Phi) is 5.75. The maximum absolute atomic E-state index is 13.6. The molecule has 0 unspecified atom stereocenters. The van der Waals surface area contributed by atoms with Crippen LogP contribution in [0.3, 0.4) is 0 Å². The summed E-state index contributed by atoms with van der Waals surface area (Å²) in [4.78, 5) is 31.8. The summed E-state index contributed by atoms with van der Waals surface area (Å²) in [7, 11) is 0. The van der Waals surface area contributed by atoms with Crippen molar-refractivity contribution in [3.63, 3.8) is 0 Å². The maximum atomic E-state index is 13.6. The predicted molar refractivity (Wildman–Crippen MR) is 109 cm³/mol. The van der Waals surface area contributed by atoms with Crippen molar-refractivity contribution in [2.24, 2.45) is 5.41 Å². The average Bonchev–Trinajstić information content (AvgIpc) is 3.38. The minimum Gasteiger partial charge on any atom is -0.415 e. The van der Waals surface area contributed by atoms with Crippen molar-refractivity contribution in [2.75, 3.05) is 0 Å². The van der Waals surface area contributed by atoms with Gasteiger partial charge in [-0.1, -0.05) is 19.3 Å². The zero-order valence-electron chi connectivity index (χ0n) is 18.4. The smallest absolute Gasteiger partial charge is 0.403 e. The minimum absolute atomic E-state index is 0.127. The number of aromatic nitrogens is 3. The Bertz CT molecular complexity index is 1150. The molecule has 0 bridgehead atoms. The predicted octanol–water partition coefficient (Wildman–Crippen LogP) is 4.19. The normalized spacial score (nSPS) is 23.8. The van der Waals surface area contributed by atoms with Gasteiger partial charge in [-0.3, -0.25) is 14.6 Å². The first-order valence-electron chi connectivity index (χ1n) is 11.4. The van der Waals surface area contributed by atoms with E-state index in [0.717, 1.165) is 12.8 Å². The number of fused-ring (bicyclic) bond motifs is 1. The Morgan fingerprint density at radius 3 is 2.54 bits per heavy atom. The van der Waals surface area contributed by atoms with Crippen LogP contribution in [0.2, 0.25) is 0 Å². The number of hydrogen-bond donors (Lipinski definition) is 1. The summed E-state index contributed by atoms with van der Waals surface area (Å²) in [6.07, 6.45) is -3.88. The molecule has 1 aliphatic heterocycles. The Hall–Kier alpha value is -3.12. The number of carbonyl (C=O) groups excluding carboxylic acids is 2. The van der Waals surface area contributed by atoms with E-state index in [1.54, 1.807) is 0 Å². The molecule has 2 aromatic rings. The number of hydrogen-bond acceptors (Lipinski definition) is 6. The van der Waals surface area contributed by atoms with Crippen molar-refractivity contribution in [3.05, 3.63) is 29.4 Å². The van der Waals surface area contributed by atoms with Crippen LogP contribution in [-0.4, -0.2) is 50.2 Å². The van der Waals surface area contributed by atoms with Gasteiger partial charge in [-0.15, -0.1) is 10.2 Å². The lowest BCUT2D eigenvalue weighted by Gasteiger charge is -2.44. The summed E-state index contributed by atoms with van der Waals surface area (Å²) in [5.41, 5.74) is -1.50. The quantitative estimate of drug-likeness (QED) is 0.620. The molecule has 0 aromatic carbocycles. The number of pyridine rings is 1. The summed E-state index contributed by atoms with van der Waals surface area (Å²) < 4.78 is 71.3. The number of halogens is 5. The van der Waals surface area contributed by atoms with E-state index in [4.69, 9.17) is 4.42 Å². The summed E-state index contributed by atoms with van der Waals surface area (Å²) in [6.45, 7) is 0.127. The van der Waals surface area contributed by atoms with Crippen molar-refractivity contribution >= 4 is 11.8 Å². The first-order chi connectivity index (χ1) is 16.6. The van der Waals surface area contributed by atoms with E-state index in [9.17, 15) is 31.5 Å². The van der Waals surface area contributed by atoms with Gasteiger partial charge in [0.15, 0.2) is 0 Å². The Morgan fingerprint density at radius 1 is 1.17 bits per heavy atom. The molecule has 13 heteroatoms. The molecular weight excluding hydrogens is 477 g/mol. The van der Waals surface area contributed by atoms with Crippen molar-refractivity contribution in [1.82, 2.24) is 25.4 Å². The number of rotatable bonds is 5. The van der Waals surface area contributed by atoms with Gasteiger partial charge in [0, 0.05) is 12.2 Å². The van der Waals surface area contributed by atoms with Gasteiger partial charge < -0.3 is 14.6 Å². The molecule has 5 rings (SSSR count). The lowest BCUT2D eigenvalue weighted by atomic mass is 9.67. The molecule has 2 atom stereocenters. The third-order valence-electron chi connectivity index (χ3n) is 7.29. The van der Waals surface area contributed by atoms with Gasteiger partial charge in [0.1, 0.15) is 5.41 Å². The second kappa shape index (κ2) is 8.52. The van der Waals surface area contributed by atoms with Crippen LogP contribution < -0.4 is 5.32 Å². The fraction of sp³-hybridized carbons (Fsp3) is 0.591. The van der Waals surface area contributed by atoms with Crippen LogP contribution in [0, 0.1) is 5.41 Å². The van der Waals surface area contributed by atoms with E-state index < -0.39 is 47.8 Å².